The minimum atomic E-state index is -0.720. The molecular weight excluding hydrogens is 490 g/mol. The molecule has 0 saturated carbocycles. The molecule has 0 aliphatic rings. The number of methoxy groups -OCH3 is 1. The first-order valence-corrected chi connectivity index (χ1v) is 8.85. The highest BCUT2D eigenvalue weighted by Gasteiger charge is 2.14. The van der Waals surface area contributed by atoms with Crippen molar-refractivity contribution in [2.45, 2.75) is 0 Å². The molecule has 0 aliphatic heterocycles. The van der Waals surface area contributed by atoms with E-state index < -0.39 is 22.3 Å². The molecule has 9 nitrogen and oxygen atoms in total. The SMILES string of the molecule is COc1cc(Br)cc(Br)c1OCC(=O)N/N=C\c1ccc(O)c([N+](=O)[O-])c1. The molecule has 0 bridgehead atoms. The van der Waals surface area contributed by atoms with Gasteiger partial charge in [-0.15, -0.1) is 0 Å². The molecule has 2 rings (SSSR count). The van der Waals surface area contributed by atoms with Crippen LogP contribution >= 0.6 is 31.9 Å². The van der Waals surface area contributed by atoms with Crippen LogP contribution in [0.5, 0.6) is 17.2 Å². The molecule has 0 aromatic heterocycles. The molecule has 2 aromatic carbocycles. The number of phenolic OH excluding ortho intramolecular Hbond substituents is 1. The van der Waals surface area contributed by atoms with Gasteiger partial charge in [0.05, 0.1) is 22.7 Å². The Balaban J connectivity index is 1.97. The van der Waals surface area contributed by atoms with Crippen molar-refractivity contribution in [2.24, 2.45) is 5.10 Å². The molecule has 142 valence electrons. The number of aromatic hydroxyl groups is 1. The molecule has 1 amide bonds. The average molecular weight is 503 g/mol. The van der Waals surface area contributed by atoms with Crippen molar-refractivity contribution >= 4 is 49.7 Å². The first kappa shape index (κ1) is 20.6. The molecule has 0 fully saturated rings. The number of benzene rings is 2. The smallest absolute Gasteiger partial charge is 0.311 e. The van der Waals surface area contributed by atoms with Crippen LogP contribution in [0.2, 0.25) is 0 Å². The van der Waals surface area contributed by atoms with E-state index >= 15 is 0 Å². The molecule has 0 spiro atoms. The number of ether oxygens (including phenoxy) is 2. The molecule has 2 aromatic rings. The predicted octanol–water partition coefficient (Wildman–Crippen LogP) is 3.36. The van der Waals surface area contributed by atoms with E-state index in [4.69, 9.17) is 9.47 Å². The second kappa shape index (κ2) is 9.33. The molecule has 0 radical (unpaired) electrons. The number of amides is 1. The van der Waals surface area contributed by atoms with Gasteiger partial charge in [-0.2, -0.15) is 5.10 Å². The van der Waals surface area contributed by atoms with E-state index in [1.54, 1.807) is 12.1 Å². The normalized spacial score (nSPS) is 10.6. The highest BCUT2D eigenvalue weighted by atomic mass is 79.9. The van der Waals surface area contributed by atoms with Crippen molar-refractivity contribution in [1.29, 1.82) is 0 Å². The Hall–Kier alpha value is -2.66. The van der Waals surface area contributed by atoms with E-state index in [0.29, 0.717) is 21.5 Å². The Morgan fingerprint density at radius 1 is 1.37 bits per heavy atom. The van der Waals surface area contributed by atoms with Gasteiger partial charge < -0.3 is 14.6 Å². The Bertz CT molecular complexity index is 904. The molecule has 0 unspecified atom stereocenters. The van der Waals surface area contributed by atoms with Gasteiger partial charge in [0.2, 0.25) is 0 Å². The van der Waals surface area contributed by atoms with Gasteiger partial charge in [-0.3, -0.25) is 14.9 Å². The summed E-state index contributed by atoms with van der Waals surface area (Å²) in [7, 11) is 1.47. The third kappa shape index (κ3) is 5.66. The summed E-state index contributed by atoms with van der Waals surface area (Å²) in [6.45, 7) is -0.330. The van der Waals surface area contributed by atoms with Crippen molar-refractivity contribution in [3.05, 3.63) is 55.0 Å². The number of carbonyl (C=O) groups excluding carboxylic acids is 1. The minimum Gasteiger partial charge on any atom is -0.502 e. The van der Waals surface area contributed by atoms with Gasteiger partial charge in [0.1, 0.15) is 0 Å². The maximum Gasteiger partial charge on any atom is 0.311 e. The third-order valence-corrected chi connectivity index (χ3v) is 4.19. The molecule has 2 N–H and O–H groups in total. The number of hydrogen-bond donors (Lipinski definition) is 2. The van der Waals surface area contributed by atoms with Crippen LogP contribution in [0.1, 0.15) is 5.56 Å². The van der Waals surface area contributed by atoms with Crippen molar-refractivity contribution in [2.75, 3.05) is 13.7 Å². The second-order valence-electron chi connectivity index (χ2n) is 5.01. The number of nitro benzene ring substituents is 1. The molecule has 0 aliphatic carbocycles. The Morgan fingerprint density at radius 2 is 2.11 bits per heavy atom. The predicted molar refractivity (Wildman–Crippen MR) is 104 cm³/mol. The zero-order valence-electron chi connectivity index (χ0n) is 13.8. The highest BCUT2D eigenvalue weighted by Crippen LogP contribution is 2.38. The number of nitrogens with one attached hydrogen (secondary N) is 1. The number of nitro groups is 1. The topological polar surface area (TPSA) is 123 Å². The van der Waals surface area contributed by atoms with Crippen LogP contribution in [0, 0.1) is 10.1 Å². The molecule has 0 heterocycles. The van der Waals surface area contributed by atoms with E-state index in [0.717, 1.165) is 10.5 Å². The Morgan fingerprint density at radius 3 is 2.78 bits per heavy atom. The second-order valence-corrected chi connectivity index (χ2v) is 6.78. The minimum absolute atomic E-state index is 0.330. The summed E-state index contributed by atoms with van der Waals surface area (Å²) < 4.78 is 12.0. The van der Waals surface area contributed by atoms with Crippen molar-refractivity contribution in [1.82, 2.24) is 5.43 Å². The number of rotatable bonds is 7. The van der Waals surface area contributed by atoms with Crippen LogP contribution in [-0.2, 0) is 4.79 Å². The molecule has 0 saturated heterocycles. The average Bonchev–Trinajstić information content (AvgIpc) is 2.61. The lowest BCUT2D eigenvalue weighted by atomic mass is 10.2. The van der Waals surface area contributed by atoms with Crippen LogP contribution in [0.15, 0.2) is 44.4 Å². The Labute approximate surface area is 170 Å². The van der Waals surface area contributed by atoms with Gasteiger partial charge in [0, 0.05) is 16.1 Å². The fraction of sp³-hybridized carbons (Fsp3) is 0.125. The number of hydrogen-bond acceptors (Lipinski definition) is 7. The van der Waals surface area contributed by atoms with Crippen molar-refractivity contribution in [3.63, 3.8) is 0 Å². The van der Waals surface area contributed by atoms with Gasteiger partial charge in [-0.05, 0) is 40.2 Å². The van der Waals surface area contributed by atoms with Crippen LogP contribution in [0.4, 0.5) is 5.69 Å². The number of hydrazone groups is 1. The largest absolute Gasteiger partial charge is 0.502 e. The standard InChI is InChI=1S/C16H13Br2N3O6/c1-26-14-6-10(17)5-11(18)16(14)27-8-15(23)20-19-7-9-2-3-13(22)12(4-9)21(24)25/h2-7,22H,8H2,1H3,(H,20,23)/b19-7-. The molecule has 0 atom stereocenters. The monoisotopic (exact) mass is 501 g/mol. The van der Waals surface area contributed by atoms with Gasteiger partial charge in [0.15, 0.2) is 23.9 Å². The summed E-state index contributed by atoms with van der Waals surface area (Å²) in [5, 5.41) is 23.9. The highest BCUT2D eigenvalue weighted by molar-refractivity contribution is 9.11. The maximum atomic E-state index is 11.9. The third-order valence-electron chi connectivity index (χ3n) is 3.14. The first-order valence-electron chi connectivity index (χ1n) is 7.27. The van der Waals surface area contributed by atoms with Crippen LogP contribution in [-0.4, -0.2) is 35.9 Å². The van der Waals surface area contributed by atoms with Gasteiger partial charge in [-0.1, -0.05) is 15.9 Å². The summed E-state index contributed by atoms with van der Waals surface area (Å²) >= 11 is 6.65. The lowest BCUT2D eigenvalue weighted by Crippen LogP contribution is -2.24. The van der Waals surface area contributed by atoms with Crippen molar-refractivity contribution < 1.29 is 24.3 Å². The summed E-state index contributed by atoms with van der Waals surface area (Å²) in [5.74, 6) is -0.210. The fourth-order valence-corrected chi connectivity index (χ4v) is 3.24. The lowest BCUT2D eigenvalue weighted by molar-refractivity contribution is -0.385. The fourth-order valence-electron chi connectivity index (χ4n) is 1.94. The van der Waals surface area contributed by atoms with E-state index in [9.17, 15) is 20.0 Å². The first-order chi connectivity index (χ1) is 12.8. The van der Waals surface area contributed by atoms with E-state index in [1.165, 1.54) is 25.5 Å². The summed E-state index contributed by atoms with van der Waals surface area (Å²) in [6, 6.07) is 7.14. The number of carbonyl (C=O) groups is 1. The summed E-state index contributed by atoms with van der Waals surface area (Å²) in [6.07, 6.45) is 1.21. The van der Waals surface area contributed by atoms with Crippen LogP contribution in [0.3, 0.4) is 0 Å². The van der Waals surface area contributed by atoms with E-state index in [1.807, 2.05) is 0 Å². The quantitative estimate of drug-likeness (QED) is 0.340. The van der Waals surface area contributed by atoms with Crippen molar-refractivity contribution in [3.8, 4) is 17.2 Å². The lowest BCUT2D eigenvalue weighted by Gasteiger charge is -2.12. The van der Waals surface area contributed by atoms with E-state index in [-0.39, 0.29) is 6.61 Å². The van der Waals surface area contributed by atoms with E-state index in [2.05, 4.69) is 42.4 Å². The molecular formula is C16H13Br2N3O6. The van der Waals surface area contributed by atoms with Crippen LogP contribution in [0.25, 0.3) is 0 Å². The maximum absolute atomic E-state index is 11.9. The zero-order chi connectivity index (χ0) is 20.0. The van der Waals surface area contributed by atoms with Gasteiger partial charge in [0.25, 0.3) is 5.91 Å². The molecule has 11 heteroatoms. The summed E-state index contributed by atoms with van der Waals surface area (Å²) in [5.41, 5.74) is 2.11. The summed E-state index contributed by atoms with van der Waals surface area (Å²) in [4.78, 5) is 21.9. The van der Waals surface area contributed by atoms with Gasteiger partial charge in [-0.25, -0.2) is 5.43 Å². The van der Waals surface area contributed by atoms with Gasteiger partial charge >= 0.3 is 5.69 Å². The number of halogens is 2. The number of phenols is 1. The number of nitrogens with zero attached hydrogens (tertiary/aromatic N) is 2. The zero-order valence-corrected chi connectivity index (χ0v) is 17.0. The molecule has 27 heavy (non-hydrogen) atoms. The van der Waals surface area contributed by atoms with Crippen LogP contribution < -0.4 is 14.9 Å². The Kier molecular flexibility index (Phi) is 7.13.